The molecule has 0 unspecified atom stereocenters. The van der Waals surface area contributed by atoms with E-state index in [1.54, 1.807) is 0 Å². The number of hydrogen-bond acceptors (Lipinski definition) is 6. The minimum absolute atomic E-state index is 0.166. The zero-order chi connectivity index (χ0) is 14.6. The van der Waals surface area contributed by atoms with E-state index >= 15 is 0 Å². The van der Waals surface area contributed by atoms with Gasteiger partial charge in [-0.25, -0.2) is 9.59 Å². The molecule has 0 rings (SSSR count). The minimum Gasteiger partial charge on any atom is -0.466 e. The fraction of sp³-hybridized carbons (Fsp3) is 0.333. The van der Waals surface area contributed by atoms with Crippen molar-refractivity contribution in [3.8, 4) is 0 Å². The summed E-state index contributed by atoms with van der Waals surface area (Å²) < 4.78 is 8.45. The van der Waals surface area contributed by atoms with Crippen LogP contribution in [0.25, 0.3) is 0 Å². The molecule has 6 heteroatoms. The van der Waals surface area contributed by atoms with Crippen LogP contribution in [-0.4, -0.2) is 37.7 Å². The largest absolute Gasteiger partial charge is 0.466 e. The normalized spacial score (nSPS) is 9.56. The van der Waals surface area contributed by atoms with Gasteiger partial charge in [-0.1, -0.05) is 0 Å². The first kappa shape index (κ1) is 18.1. The minimum atomic E-state index is -0.509. The summed E-state index contributed by atoms with van der Waals surface area (Å²) in [5, 5.41) is 0. The van der Waals surface area contributed by atoms with Crippen LogP contribution in [0, 0.1) is 0 Å². The zero-order valence-corrected chi connectivity index (χ0v) is 10.8. The average molecular weight is 256 g/mol. The fourth-order valence-electron chi connectivity index (χ4n) is 0.507. The maximum atomic E-state index is 10.3. The Morgan fingerprint density at radius 3 is 1.11 bits per heavy atom. The molecule has 6 nitrogen and oxygen atoms in total. The third kappa shape index (κ3) is 16.2. The Balaban J connectivity index is 0. The molecule has 100 valence electrons. The predicted octanol–water partition coefficient (Wildman–Crippen LogP) is 0.609. The first-order valence-corrected chi connectivity index (χ1v) is 4.86. The number of methoxy groups -OCH3 is 2. The lowest BCUT2D eigenvalue weighted by Crippen LogP contribution is -1.95. The van der Waals surface area contributed by atoms with Crippen molar-refractivity contribution in [1.82, 2.24) is 0 Å². The molecular formula is C12H16O6. The van der Waals surface area contributed by atoms with E-state index in [2.05, 4.69) is 9.47 Å². The number of hydrogen-bond donors (Lipinski definition) is 0. The maximum Gasteiger partial charge on any atom is 0.330 e. The molecule has 0 radical (unpaired) electrons. The third-order valence-corrected chi connectivity index (χ3v) is 1.31. The van der Waals surface area contributed by atoms with Crippen molar-refractivity contribution in [1.29, 1.82) is 0 Å². The molecule has 0 atom stereocenters. The Morgan fingerprint density at radius 2 is 0.944 bits per heavy atom. The lowest BCUT2D eigenvalue weighted by atomic mass is 10.4. The quantitative estimate of drug-likeness (QED) is 0.541. The standard InChI is InChI=1S/2C6H8O3/c2*1-5(7)3-4-6(8)9-2/h2*3-4H,1-2H3/b2*4-3+. The summed E-state index contributed by atoms with van der Waals surface area (Å²) in [6.07, 6.45) is 4.49. The topological polar surface area (TPSA) is 86.7 Å². The number of carbonyl (C=O) groups is 4. The molecule has 18 heavy (non-hydrogen) atoms. The number of ether oxygens (including phenoxy) is 2. The Bertz CT molecular complexity index is 329. The van der Waals surface area contributed by atoms with Crippen molar-refractivity contribution in [3.05, 3.63) is 24.3 Å². The molecule has 0 heterocycles. The Morgan fingerprint density at radius 1 is 0.667 bits per heavy atom. The van der Waals surface area contributed by atoms with E-state index in [0.29, 0.717) is 0 Å². The molecule has 0 aliphatic rings. The van der Waals surface area contributed by atoms with Gasteiger partial charge in [0.05, 0.1) is 14.2 Å². The monoisotopic (exact) mass is 256 g/mol. The fourth-order valence-corrected chi connectivity index (χ4v) is 0.507. The van der Waals surface area contributed by atoms with Gasteiger partial charge in [-0.05, 0) is 26.0 Å². The second-order valence-corrected chi connectivity index (χ2v) is 2.93. The number of carbonyl (C=O) groups excluding carboxylic acids is 4. The van der Waals surface area contributed by atoms with Crippen LogP contribution in [0.2, 0.25) is 0 Å². The average Bonchev–Trinajstić information content (AvgIpc) is 2.33. The highest BCUT2D eigenvalue weighted by molar-refractivity contribution is 5.94. The van der Waals surface area contributed by atoms with Gasteiger partial charge in [-0.2, -0.15) is 0 Å². The van der Waals surface area contributed by atoms with Crippen LogP contribution in [-0.2, 0) is 28.7 Å². The molecular weight excluding hydrogens is 240 g/mol. The van der Waals surface area contributed by atoms with E-state index in [-0.39, 0.29) is 11.6 Å². The molecule has 0 aromatic carbocycles. The van der Waals surface area contributed by atoms with Gasteiger partial charge in [0, 0.05) is 12.2 Å². The molecule has 0 saturated heterocycles. The van der Waals surface area contributed by atoms with Gasteiger partial charge < -0.3 is 9.47 Å². The van der Waals surface area contributed by atoms with Crippen LogP contribution in [0.5, 0.6) is 0 Å². The first-order valence-electron chi connectivity index (χ1n) is 4.86. The van der Waals surface area contributed by atoms with Crippen LogP contribution >= 0.6 is 0 Å². The lowest BCUT2D eigenvalue weighted by molar-refractivity contribution is -0.135. The van der Waals surface area contributed by atoms with E-state index in [0.717, 1.165) is 24.3 Å². The smallest absolute Gasteiger partial charge is 0.330 e. The maximum absolute atomic E-state index is 10.3. The van der Waals surface area contributed by atoms with Crippen LogP contribution in [0.4, 0.5) is 0 Å². The highest BCUT2D eigenvalue weighted by Crippen LogP contribution is 1.78. The summed E-state index contributed by atoms with van der Waals surface area (Å²) in [7, 11) is 2.51. The highest BCUT2D eigenvalue weighted by Gasteiger charge is 1.90. The molecule has 0 spiro atoms. The molecule has 0 saturated carbocycles. The van der Waals surface area contributed by atoms with Gasteiger partial charge in [0.15, 0.2) is 11.6 Å². The molecule has 0 bridgehead atoms. The molecule has 0 aromatic rings. The molecule has 0 fully saturated rings. The van der Waals surface area contributed by atoms with Crippen molar-refractivity contribution in [3.63, 3.8) is 0 Å². The van der Waals surface area contributed by atoms with Gasteiger partial charge >= 0.3 is 11.9 Å². The molecule has 0 aliphatic carbocycles. The second-order valence-electron chi connectivity index (χ2n) is 2.93. The van der Waals surface area contributed by atoms with E-state index in [1.165, 1.54) is 28.1 Å². The number of ketones is 2. The highest BCUT2D eigenvalue weighted by atomic mass is 16.5. The van der Waals surface area contributed by atoms with E-state index < -0.39 is 11.9 Å². The van der Waals surface area contributed by atoms with Crippen molar-refractivity contribution in [2.75, 3.05) is 14.2 Å². The van der Waals surface area contributed by atoms with Gasteiger partial charge in [-0.3, -0.25) is 9.59 Å². The molecule has 0 N–H and O–H groups in total. The first-order chi connectivity index (χ1) is 8.33. The number of rotatable bonds is 4. The van der Waals surface area contributed by atoms with Gasteiger partial charge in [0.2, 0.25) is 0 Å². The Hall–Kier alpha value is -2.24. The van der Waals surface area contributed by atoms with Crippen LogP contribution < -0.4 is 0 Å². The predicted molar refractivity (Wildman–Crippen MR) is 63.7 cm³/mol. The van der Waals surface area contributed by atoms with Crippen LogP contribution in [0.3, 0.4) is 0 Å². The van der Waals surface area contributed by atoms with E-state index in [9.17, 15) is 19.2 Å². The van der Waals surface area contributed by atoms with Gasteiger partial charge in [0.1, 0.15) is 0 Å². The number of allylic oxidation sites excluding steroid dienone is 2. The number of esters is 2. The molecule has 0 aromatic heterocycles. The molecule has 0 aliphatic heterocycles. The van der Waals surface area contributed by atoms with Crippen LogP contribution in [0.1, 0.15) is 13.8 Å². The van der Waals surface area contributed by atoms with Gasteiger partial charge in [-0.15, -0.1) is 0 Å². The Kier molecular flexibility index (Phi) is 11.3. The third-order valence-electron chi connectivity index (χ3n) is 1.31. The lowest BCUT2D eigenvalue weighted by Gasteiger charge is -1.85. The summed E-state index contributed by atoms with van der Waals surface area (Å²) >= 11 is 0. The summed E-state index contributed by atoms with van der Waals surface area (Å²) in [6.45, 7) is 2.72. The SMILES string of the molecule is COC(=O)/C=C/C(C)=O.COC(=O)/C=C/C(C)=O. The summed E-state index contributed by atoms with van der Waals surface area (Å²) in [6, 6.07) is 0. The zero-order valence-electron chi connectivity index (χ0n) is 10.8. The van der Waals surface area contributed by atoms with Crippen LogP contribution in [0.15, 0.2) is 24.3 Å². The van der Waals surface area contributed by atoms with E-state index in [4.69, 9.17) is 0 Å². The van der Waals surface area contributed by atoms with Crippen molar-refractivity contribution < 1.29 is 28.7 Å². The van der Waals surface area contributed by atoms with E-state index in [1.807, 2.05) is 0 Å². The Labute approximate surface area is 105 Å². The van der Waals surface area contributed by atoms with Crippen molar-refractivity contribution >= 4 is 23.5 Å². The summed E-state index contributed by atoms with van der Waals surface area (Å²) in [4.78, 5) is 40.8. The summed E-state index contributed by atoms with van der Waals surface area (Å²) in [5.74, 6) is -1.35. The summed E-state index contributed by atoms with van der Waals surface area (Å²) in [5.41, 5.74) is 0. The van der Waals surface area contributed by atoms with Crippen molar-refractivity contribution in [2.45, 2.75) is 13.8 Å². The van der Waals surface area contributed by atoms with Crippen molar-refractivity contribution in [2.24, 2.45) is 0 Å². The molecule has 0 amide bonds. The second kappa shape index (κ2) is 11.3. The van der Waals surface area contributed by atoms with Gasteiger partial charge in [0.25, 0.3) is 0 Å².